The molecule has 8 nitrogen and oxygen atoms in total. The normalized spacial score (nSPS) is 16.8. The molecule has 1 atom stereocenters. The number of aromatic nitrogens is 2. The van der Waals surface area contributed by atoms with E-state index in [9.17, 15) is 22.0 Å². The Morgan fingerprint density at radius 3 is 2.59 bits per heavy atom. The van der Waals surface area contributed by atoms with E-state index in [1.807, 2.05) is 0 Å². The third-order valence-corrected chi connectivity index (χ3v) is 7.91. The van der Waals surface area contributed by atoms with E-state index in [1.165, 1.54) is 29.6 Å². The van der Waals surface area contributed by atoms with Gasteiger partial charge in [0, 0.05) is 18.3 Å². The van der Waals surface area contributed by atoms with E-state index in [1.54, 1.807) is 12.1 Å². The molecule has 1 aliphatic heterocycles. The Balaban J connectivity index is 1.53. The molecule has 1 aliphatic rings. The summed E-state index contributed by atoms with van der Waals surface area (Å²) in [5.74, 6) is -2.23. The average Bonchev–Trinajstić information content (AvgIpc) is 3.46. The maximum atomic E-state index is 13.4. The number of benzene rings is 2. The van der Waals surface area contributed by atoms with E-state index in [2.05, 4.69) is 15.5 Å². The van der Waals surface area contributed by atoms with E-state index in [0.29, 0.717) is 30.1 Å². The van der Waals surface area contributed by atoms with Crippen molar-refractivity contribution in [2.75, 3.05) is 19.0 Å². The van der Waals surface area contributed by atoms with E-state index in [0.717, 1.165) is 23.5 Å². The van der Waals surface area contributed by atoms with E-state index < -0.39 is 33.6 Å². The van der Waals surface area contributed by atoms with Crippen molar-refractivity contribution in [3.8, 4) is 5.75 Å². The van der Waals surface area contributed by atoms with Gasteiger partial charge in [-0.2, -0.15) is 4.31 Å². The largest absolute Gasteiger partial charge is 0.497 e. The maximum absolute atomic E-state index is 13.4. The molecule has 1 fully saturated rings. The van der Waals surface area contributed by atoms with Gasteiger partial charge in [-0.15, -0.1) is 10.2 Å². The fourth-order valence-electron chi connectivity index (χ4n) is 3.38. The van der Waals surface area contributed by atoms with Gasteiger partial charge < -0.3 is 10.1 Å². The Bertz CT molecular complexity index is 1250. The molecule has 0 spiro atoms. The Morgan fingerprint density at radius 2 is 1.91 bits per heavy atom. The first-order valence-corrected chi connectivity index (χ1v) is 11.8. The van der Waals surface area contributed by atoms with Gasteiger partial charge in [0.15, 0.2) is 11.6 Å². The van der Waals surface area contributed by atoms with Crippen molar-refractivity contribution in [1.29, 1.82) is 0 Å². The molecule has 4 rings (SSSR count). The van der Waals surface area contributed by atoms with Crippen molar-refractivity contribution < 1.29 is 26.7 Å². The summed E-state index contributed by atoms with van der Waals surface area (Å²) in [4.78, 5) is 12.6. The molecule has 2 heterocycles. The number of ether oxygens (including phenoxy) is 1. The van der Waals surface area contributed by atoms with Gasteiger partial charge in [0.2, 0.25) is 15.0 Å². The molecule has 32 heavy (non-hydrogen) atoms. The number of carbonyl (C=O) groups is 1. The van der Waals surface area contributed by atoms with Gasteiger partial charge in [0.05, 0.1) is 18.0 Å². The van der Waals surface area contributed by atoms with Crippen molar-refractivity contribution >= 4 is 33.0 Å². The number of hydrogen-bond donors (Lipinski definition) is 1. The summed E-state index contributed by atoms with van der Waals surface area (Å²) in [6.45, 7) is 0.314. The maximum Gasteiger partial charge on any atom is 0.286 e. The number of sulfonamides is 1. The zero-order chi connectivity index (χ0) is 22.9. The molecule has 1 N–H and O–H groups in total. The molecule has 1 aromatic heterocycles. The molecular formula is C20H18F2N4O4S2. The zero-order valence-corrected chi connectivity index (χ0v) is 18.4. The number of halogens is 2. The monoisotopic (exact) mass is 480 g/mol. The summed E-state index contributed by atoms with van der Waals surface area (Å²) in [5.41, 5.74) is 0.0650. The minimum atomic E-state index is -3.79. The first-order valence-electron chi connectivity index (χ1n) is 9.55. The number of nitrogens with zero attached hydrogens (tertiary/aromatic N) is 3. The Labute approximate surface area is 186 Å². The second-order valence-corrected chi connectivity index (χ2v) is 9.88. The van der Waals surface area contributed by atoms with Crippen LogP contribution in [0.2, 0.25) is 0 Å². The van der Waals surface area contributed by atoms with E-state index >= 15 is 0 Å². The fraction of sp³-hybridized carbons (Fsp3) is 0.250. The van der Waals surface area contributed by atoms with Gasteiger partial charge in [-0.3, -0.25) is 4.79 Å². The molecule has 3 aromatic rings. The second kappa shape index (κ2) is 8.88. The lowest BCUT2D eigenvalue weighted by atomic mass is 10.2. The van der Waals surface area contributed by atoms with Gasteiger partial charge in [0.1, 0.15) is 10.8 Å². The van der Waals surface area contributed by atoms with Crippen LogP contribution in [0.1, 0.15) is 33.7 Å². The van der Waals surface area contributed by atoms with E-state index in [4.69, 9.17) is 4.74 Å². The molecule has 0 unspecified atom stereocenters. The molecule has 0 aliphatic carbocycles. The molecule has 0 bridgehead atoms. The summed E-state index contributed by atoms with van der Waals surface area (Å²) >= 11 is 0.958. The lowest BCUT2D eigenvalue weighted by molar-refractivity contribution is 0.102. The first kappa shape index (κ1) is 22.2. The van der Waals surface area contributed by atoms with Gasteiger partial charge in [-0.1, -0.05) is 11.3 Å². The molecule has 0 saturated carbocycles. The first-order chi connectivity index (χ1) is 15.3. The van der Waals surface area contributed by atoms with Crippen molar-refractivity contribution in [1.82, 2.24) is 14.5 Å². The second-order valence-electron chi connectivity index (χ2n) is 6.98. The van der Waals surface area contributed by atoms with Gasteiger partial charge >= 0.3 is 0 Å². The van der Waals surface area contributed by atoms with Crippen LogP contribution in [0.15, 0.2) is 47.4 Å². The highest BCUT2D eigenvalue weighted by molar-refractivity contribution is 7.89. The summed E-state index contributed by atoms with van der Waals surface area (Å²) in [5, 5.41) is 10.7. The van der Waals surface area contributed by atoms with Gasteiger partial charge in [-0.05, 0) is 49.2 Å². The van der Waals surface area contributed by atoms with Crippen LogP contribution >= 0.6 is 11.3 Å². The standard InChI is InChI=1S/C20H18F2N4O4S2/c1-30-13-5-7-14(8-6-13)32(28,29)26-10-2-3-17(26)19-24-25-20(31-19)18(27)23-12-4-9-15(21)16(22)11-12/h4-9,11,17H,2-3,10H2,1H3,(H,23,27)/t17-/m1/s1. The predicted molar refractivity (Wildman–Crippen MR) is 113 cm³/mol. The van der Waals surface area contributed by atoms with Crippen molar-refractivity contribution in [3.63, 3.8) is 0 Å². The Hall–Kier alpha value is -2.96. The van der Waals surface area contributed by atoms with Crippen LogP contribution in [0, 0.1) is 11.6 Å². The van der Waals surface area contributed by atoms with Crippen molar-refractivity contribution in [3.05, 3.63) is 64.1 Å². The van der Waals surface area contributed by atoms with Crippen LogP contribution in [-0.4, -0.2) is 42.5 Å². The number of hydrogen-bond acceptors (Lipinski definition) is 7. The van der Waals surface area contributed by atoms with Crippen LogP contribution in [0.5, 0.6) is 5.75 Å². The highest BCUT2D eigenvalue weighted by Gasteiger charge is 2.38. The SMILES string of the molecule is COc1ccc(S(=O)(=O)N2CCC[C@@H]2c2nnc(C(=O)Nc3ccc(F)c(F)c3)s2)cc1. The van der Waals surface area contributed by atoms with Crippen LogP contribution in [0.4, 0.5) is 14.5 Å². The third-order valence-electron chi connectivity index (χ3n) is 4.97. The topological polar surface area (TPSA) is 101 Å². The summed E-state index contributed by atoms with van der Waals surface area (Å²) in [6.07, 6.45) is 1.17. The lowest BCUT2D eigenvalue weighted by Crippen LogP contribution is -2.30. The number of rotatable bonds is 6. The summed E-state index contributed by atoms with van der Waals surface area (Å²) in [6, 6.07) is 8.52. The predicted octanol–water partition coefficient (Wildman–Crippen LogP) is 3.60. The average molecular weight is 481 g/mol. The number of anilines is 1. The molecule has 1 amide bonds. The number of methoxy groups -OCH3 is 1. The van der Waals surface area contributed by atoms with Crippen LogP contribution in [-0.2, 0) is 10.0 Å². The lowest BCUT2D eigenvalue weighted by Gasteiger charge is -2.22. The van der Waals surface area contributed by atoms with Crippen LogP contribution in [0.25, 0.3) is 0 Å². The number of carbonyl (C=O) groups excluding carboxylic acids is 1. The molecule has 2 aromatic carbocycles. The molecule has 0 radical (unpaired) electrons. The number of amides is 1. The minimum absolute atomic E-state index is 0.0153. The molecule has 168 valence electrons. The number of nitrogens with one attached hydrogen (secondary N) is 1. The van der Waals surface area contributed by atoms with E-state index in [-0.39, 0.29) is 15.6 Å². The van der Waals surface area contributed by atoms with Gasteiger partial charge in [-0.25, -0.2) is 17.2 Å². The van der Waals surface area contributed by atoms with Crippen molar-refractivity contribution in [2.45, 2.75) is 23.8 Å². The quantitative estimate of drug-likeness (QED) is 0.579. The Kier molecular flexibility index (Phi) is 6.17. The van der Waals surface area contributed by atoms with Crippen LogP contribution < -0.4 is 10.1 Å². The molecule has 1 saturated heterocycles. The smallest absolute Gasteiger partial charge is 0.286 e. The minimum Gasteiger partial charge on any atom is -0.497 e. The zero-order valence-electron chi connectivity index (χ0n) is 16.8. The molecule has 12 heteroatoms. The van der Waals surface area contributed by atoms with Crippen molar-refractivity contribution in [2.24, 2.45) is 0 Å². The Morgan fingerprint density at radius 1 is 1.16 bits per heavy atom. The van der Waals surface area contributed by atoms with Crippen LogP contribution in [0.3, 0.4) is 0 Å². The summed E-state index contributed by atoms with van der Waals surface area (Å²) < 4.78 is 59.2. The summed E-state index contributed by atoms with van der Waals surface area (Å²) in [7, 11) is -2.29. The highest BCUT2D eigenvalue weighted by Crippen LogP contribution is 2.38. The van der Waals surface area contributed by atoms with Gasteiger partial charge in [0.25, 0.3) is 5.91 Å². The molecular weight excluding hydrogens is 462 g/mol. The highest BCUT2D eigenvalue weighted by atomic mass is 32.2. The third kappa shape index (κ3) is 4.33. The fourth-order valence-corrected chi connectivity index (χ4v) is 5.99.